The van der Waals surface area contributed by atoms with Crippen molar-refractivity contribution in [1.29, 1.82) is 0 Å². The highest BCUT2D eigenvalue weighted by Crippen LogP contribution is 2.16. The van der Waals surface area contributed by atoms with E-state index in [1.54, 1.807) is 0 Å². The van der Waals surface area contributed by atoms with Gasteiger partial charge in [0.15, 0.2) is 0 Å². The van der Waals surface area contributed by atoms with E-state index in [2.05, 4.69) is 39.8 Å². The molecule has 0 radical (unpaired) electrons. The van der Waals surface area contributed by atoms with Crippen LogP contribution in [0.5, 0.6) is 0 Å². The molecule has 0 amide bonds. The minimum Gasteiger partial charge on any atom is -0.0613 e. The predicted octanol–water partition coefficient (Wildman–Crippen LogP) is 3.17. The topological polar surface area (TPSA) is 0 Å². The van der Waals surface area contributed by atoms with Crippen LogP contribution in [0.2, 0.25) is 0 Å². The van der Waals surface area contributed by atoms with Gasteiger partial charge in [0.1, 0.15) is 0 Å². The van der Waals surface area contributed by atoms with Crippen molar-refractivity contribution in [3.8, 4) is 0 Å². The van der Waals surface area contributed by atoms with Crippen LogP contribution in [0.25, 0.3) is 0 Å². The molecule has 0 unspecified atom stereocenters. The average molecular weight is 148 g/mol. The number of rotatable bonds is 1. The van der Waals surface area contributed by atoms with Crippen molar-refractivity contribution < 1.29 is 0 Å². The zero-order chi connectivity index (χ0) is 8.43. The van der Waals surface area contributed by atoms with Gasteiger partial charge in [-0.05, 0) is 43.9 Å². The van der Waals surface area contributed by atoms with Crippen molar-refractivity contribution in [2.24, 2.45) is 0 Å². The molecule has 0 heteroatoms. The minimum atomic E-state index is 1.15. The van der Waals surface area contributed by atoms with E-state index in [1.165, 1.54) is 22.3 Å². The predicted molar refractivity (Wildman–Crippen MR) is 50.0 cm³/mol. The first-order chi connectivity index (χ1) is 5.15. The maximum Gasteiger partial charge on any atom is -0.0302 e. The highest BCUT2D eigenvalue weighted by Gasteiger charge is 1.99. The van der Waals surface area contributed by atoms with Gasteiger partial charge in [-0.1, -0.05) is 24.6 Å². The second-order valence-electron chi connectivity index (χ2n) is 3.23. The molecule has 0 spiro atoms. The van der Waals surface area contributed by atoms with Crippen LogP contribution in [0.1, 0.15) is 29.2 Å². The molecule has 60 valence electrons. The van der Waals surface area contributed by atoms with Crippen molar-refractivity contribution in [3.63, 3.8) is 0 Å². The fourth-order valence-corrected chi connectivity index (χ4v) is 1.77. The highest BCUT2D eigenvalue weighted by molar-refractivity contribution is 5.37. The molecule has 1 aromatic carbocycles. The molecule has 1 aromatic rings. The molecule has 0 atom stereocenters. The molecule has 0 fully saturated rings. The molecule has 0 N–H and O–H groups in total. The fraction of sp³-hybridized carbons (Fsp3) is 0.455. The van der Waals surface area contributed by atoms with Crippen LogP contribution < -0.4 is 0 Å². The lowest BCUT2D eigenvalue weighted by Gasteiger charge is -2.08. The first-order valence-electron chi connectivity index (χ1n) is 4.22. The van der Waals surface area contributed by atoms with Gasteiger partial charge < -0.3 is 0 Å². The largest absolute Gasteiger partial charge is 0.0613 e. The van der Waals surface area contributed by atoms with Gasteiger partial charge in [-0.25, -0.2) is 0 Å². The molecule has 0 aromatic heterocycles. The van der Waals surface area contributed by atoms with Crippen LogP contribution >= 0.6 is 0 Å². The molecule has 0 saturated carbocycles. The Morgan fingerprint density at radius 3 is 1.82 bits per heavy atom. The summed E-state index contributed by atoms with van der Waals surface area (Å²) in [6, 6.07) is 4.51. The zero-order valence-corrected chi connectivity index (χ0v) is 7.86. The molecule has 0 saturated heterocycles. The standard InChI is InChI=1S/C11H16/c1-5-11-9(3)6-8(2)7-10(11)4/h6-7H,5H2,1-4H3. The Labute approximate surface area is 69.3 Å². The Balaban J connectivity index is 3.25. The van der Waals surface area contributed by atoms with Crippen LogP contribution in [0, 0.1) is 20.8 Å². The Morgan fingerprint density at radius 2 is 1.45 bits per heavy atom. The lowest BCUT2D eigenvalue weighted by Crippen LogP contribution is -1.92. The normalized spacial score (nSPS) is 10.2. The molecule has 0 nitrogen and oxygen atoms in total. The van der Waals surface area contributed by atoms with Crippen LogP contribution in [-0.4, -0.2) is 0 Å². The Kier molecular flexibility index (Phi) is 2.33. The summed E-state index contributed by atoms with van der Waals surface area (Å²) in [5.74, 6) is 0. The van der Waals surface area contributed by atoms with E-state index in [-0.39, 0.29) is 0 Å². The molecule has 0 heterocycles. The van der Waals surface area contributed by atoms with E-state index in [9.17, 15) is 0 Å². The second-order valence-corrected chi connectivity index (χ2v) is 3.23. The van der Waals surface area contributed by atoms with Gasteiger partial charge in [0, 0.05) is 0 Å². The smallest absolute Gasteiger partial charge is 0.0302 e. The van der Waals surface area contributed by atoms with Gasteiger partial charge in [0.25, 0.3) is 0 Å². The fourth-order valence-electron chi connectivity index (χ4n) is 1.77. The van der Waals surface area contributed by atoms with Crippen LogP contribution in [0.15, 0.2) is 12.1 Å². The van der Waals surface area contributed by atoms with Crippen LogP contribution in [0.3, 0.4) is 0 Å². The molecule has 0 aliphatic rings. The van der Waals surface area contributed by atoms with Gasteiger partial charge >= 0.3 is 0 Å². The molecule has 0 aliphatic heterocycles. The molecule has 0 bridgehead atoms. The number of hydrogen-bond acceptors (Lipinski definition) is 0. The highest BCUT2D eigenvalue weighted by atomic mass is 14.0. The van der Waals surface area contributed by atoms with Gasteiger partial charge in [-0.3, -0.25) is 0 Å². The summed E-state index contributed by atoms with van der Waals surface area (Å²) in [6.45, 7) is 8.75. The van der Waals surface area contributed by atoms with E-state index in [4.69, 9.17) is 0 Å². The number of aryl methyl sites for hydroxylation is 3. The van der Waals surface area contributed by atoms with Crippen LogP contribution in [0.4, 0.5) is 0 Å². The summed E-state index contributed by atoms with van der Waals surface area (Å²) in [6.07, 6.45) is 1.15. The first kappa shape index (κ1) is 8.32. The third-order valence-electron chi connectivity index (χ3n) is 2.19. The van der Waals surface area contributed by atoms with Gasteiger partial charge in [0.05, 0.1) is 0 Å². The number of benzene rings is 1. The summed E-state index contributed by atoms with van der Waals surface area (Å²) in [5.41, 5.74) is 5.75. The Morgan fingerprint density at radius 1 is 1.00 bits per heavy atom. The average Bonchev–Trinajstić information content (AvgIpc) is 1.85. The molecular formula is C11H16. The summed E-state index contributed by atoms with van der Waals surface area (Å²) in [5, 5.41) is 0. The first-order valence-corrected chi connectivity index (χ1v) is 4.22. The lowest BCUT2D eigenvalue weighted by molar-refractivity contribution is 1.07. The minimum absolute atomic E-state index is 1.15. The van der Waals surface area contributed by atoms with Crippen molar-refractivity contribution in [3.05, 3.63) is 34.4 Å². The Bertz CT molecular complexity index is 236. The van der Waals surface area contributed by atoms with Gasteiger partial charge in [0.2, 0.25) is 0 Å². The third kappa shape index (κ3) is 1.62. The summed E-state index contributed by atoms with van der Waals surface area (Å²) in [7, 11) is 0. The number of hydrogen-bond donors (Lipinski definition) is 0. The van der Waals surface area contributed by atoms with Crippen LogP contribution in [-0.2, 0) is 6.42 Å². The second kappa shape index (κ2) is 3.08. The van der Waals surface area contributed by atoms with Gasteiger partial charge in [-0.2, -0.15) is 0 Å². The molecule has 11 heavy (non-hydrogen) atoms. The van der Waals surface area contributed by atoms with Crippen molar-refractivity contribution >= 4 is 0 Å². The maximum atomic E-state index is 2.26. The third-order valence-corrected chi connectivity index (χ3v) is 2.19. The van der Waals surface area contributed by atoms with Crippen molar-refractivity contribution in [2.75, 3.05) is 0 Å². The zero-order valence-electron chi connectivity index (χ0n) is 7.86. The van der Waals surface area contributed by atoms with Gasteiger partial charge in [-0.15, -0.1) is 0 Å². The SMILES string of the molecule is CCc1c(C)cc(C)cc1C. The maximum absolute atomic E-state index is 2.26. The van der Waals surface area contributed by atoms with E-state index in [0.29, 0.717) is 0 Å². The summed E-state index contributed by atoms with van der Waals surface area (Å²) >= 11 is 0. The molecule has 0 aliphatic carbocycles. The quantitative estimate of drug-likeness (QED) is 0.574. The molecule has 1 rings (SSSR count). The monoisotopic (exact) mass is 148 g/mol. The van der Waals surface area contributed by atoms with E-state index < -0.39 is 0 Å². The van der Waals surface area contributed by atoms with E-state index in [1.807, 2.05) is 0 Å². The van der Waals surface area contributed by atoms with E-state index in [0.717, 1.165) is 6.42 Å². The summed E-state index contributed by atoms with van der Waals surface area (Å²) in [4.78, 5) is 0. The van der Waals surface area contributed by atoms with E-state index >= 15 is 0 Å². The Hall–Kier alpha value is -0.780. The molecular weight excluding hydrogens is 132 g/mol. The summed E-state index contributed by atoms with van der Waals surface area (Å²) < 4.78 is 0. The lowest BCUT2D eigenvalue weighted by atomic mass is 9.98. The van der Waals surface area contributed by atoms with Crippen molar-refractivity contribution in [1.82, 2.24) is 0 Å². The van der Waals surface area contributed by atoms with Crippen molar-refractivity contribution in [2.45, 2.75) is 34.1 Å².